The minimum Gasteiger partial charge on any atom is -0.480 e. The number of aliphatic carboxylic acids is 1. The van der Waals surface area contributed by atoms with Gasteiger partial charge in [-0.3, -0.25) is 0 Å². The predicted molar refractivity (Wildman–Crippen MR) is 55.6 cm³/mol. The highest BCUT2D eigenvalue weighted by atomic mass is 16.4. The number of carbonyl (C=O) groups excluding carboxylic acids is 1. The molecule has 0 radical (unpaired) electrons. The lowest BCUT2D eigenvalue weighted by Crippen LogP contribution is -2.52. The molecule has 1 fully saturated rings. The Kier molecular flexibility index (Phi) is 3.21. The number of carboxylic acids is 1. The summed E-state index contributed by atoms with van der Waals surface area (Å²) < 4.78 is 0. The van der Waals surface area contributed by atoms with Crippen molar-refractivity contribution in [3.8, 4) is 0 Å². The molecule has 3 N–H and O–H groups in total. The quantitative estimate of drug-likeness (QED) is 0.654. The molecule has 1 saturated carbocycles. The highest BCUT2D eigenvalue weighted by molar-refractivity contribution is 5.83. The van der Waals surface area contributed by atoms with Crippen molar-refractivity contribution in [2.45, 2.75) is 45.2 Å². The van der Waals surface area contributed by atoms with Crippen LogP contribution in [0.5, 0.6) is 0 Å². The van der Waals surface area contributed by atoms with Crippen molar-refractivity contribution in [1.29, 1.82) is 0 Å². The van der Waals surface area contributed by atoms with Crippen LogP contribution in [0.1, 0.15) is 33.6 Å². The van der Waals surface area contributed by atoms with E-state index in [9.17, 15) is 9.59 Å². The summed E-state index contributed by atoms with van der Waals surface area (Å²) >= 11 is 0. The molecular formula is C10H18N2O3. The van der Waals surface area contributed by atoms with Crippen molar-refractivity contribution in [2.24, 2.45) is 5.92 Å². The molecule has 0 aromatic heterocycles. The first-order valence-corrected chi connectivity index (χ1v) is 5.11. The highest BCUT2D eigenvalue weighted by Gasteiger charge is 2.37. The summed E-state index contributed by atoms with van der Waals surface area (Å²) in [6, 6.07) is -1.16. The van der Waals surface area contributed by atoms with Gasteiger partial charge in [-0.25, -0.2) is 9.59 Å². The zero-order chi connectivity index (χ0) is 11.6. The topological polar surface area (TPSA) is 78.4 Å². The summed E-state index contributed by atoms with van der Waals surface area (Å²) in [5.41, 5.74) is -0.351. The number of carbonyl (C=O) groups is 2. The highest BCUT2D eigenvalue weighted by Crippen LogP contribution is 2.32. The van der Waals surface area contributed by atoms with E-state index in [1.165, 1.54) is 0 Å². The molecule has 5 nitrogen and oxygen atoms in total. The molecule has 0 saturated heterocycles. The Bertz CT molecular complexity index is 266. The van der Waals surface area contributed by atoms with Crippen molar-refractivity contribution in [2.75, 3.05) is 0 Å². The van der Waals surface area contributed by atoms with E-state index in [1.807, 2.05) is 20.8 Å². The minimum absolute atomic E-state index is 0.105. The van der Waals surface area contributed by atoms with E-state index in [-0.39, 0.29) is 11.5 Å². The lowest BCUT2D eigenvalue weighted by Gasteiger charge is -2.22. The molecule has 1 atom stereocenters. The number of hydrogen-bond donors (Lipinski definition) is 3. The predicted octanol–water partition coefficient (Wildman–Crippen LogP) is 0.947. The molecule has 2 amide bonds. The molecule has 0 aromatic rings. The van der Waals surface area contributed by atoms with E-state index in [0.29, 0.717) is 0 Å². The largest absolute Gasteiger partial charge is 0.480 e. The molecule has 0 heterocycles. The van der Waals surface area contributed by atoms with Crippen LogP contribution in [0.4, 0.5) is 4.79 Å². The van der Waals surface area contributed by atoms with Crippen molar-refractivity contribution in [1.82, 2.24) is 10.6 Å². The second-order valence-electron chi connectivity index (χ2n) is 5.00. The Morgan fingerprint density at radius 1 is 1.33 bits per heavy atom. The Hall–Kier alpha value is -1.26. The van der Waals surface area contributed by atoms with Crippen LogP contribution in [0.2, 0.25) is 0 Å². The third-order valence-corrected chi connectivity index (χ3v) is 2.13. The Balaban J connectivity index is 2.44. The number of carboxylic acid groups (broad SMARTS) is 1. The van der Waals surface area contributed by atoms with E-state index >= 15 is 0 Å². The number of amides is 2. The third-order valence-electron chi connectivity index (χ3n) is 2.13. The number of hydrogen-bond acceptors (Lipinski definition) is 2. The van der Waals surface area contributed by atoms with Gasteiger partial charge in [-0.05, 0) is 39.5 Å². The smallest absolute Gasteiger partial charge is 0.326 e. The average Bonchev–Trinajstić information content (AvgIpc) is 2.78. The van der Waals surface area contributed by atoms with Crippen molar-refractivity contribution >= 4 is 12.0 Å². The first-order valence-electron chi connectivity index (χ1n) is 5.11. The van der Waals surface area contributed by atoms with Gasteiger partial charge in [-0.1, -0.05) is 0 Å². The summed E-state index contributed by atoms with van der Waals surface area (Å²) in [5, 5.41) is 14.0. The maximum Gasteiger partial charge on any atom is 0.326 e. The Morgan fingerprint density at radius 3 is 2.20 bits per heavy atom. The van der Waals surface area contributed by atoms with Gasteiger partial charge < -0.3 is 15.7 Å². The molecule has 0 bridgehead atoms. The van der Waals surface area contributed by atoms with Gasteiger partial charge in [0.1, 0.15) is 6.04 Å². The van der Waals surface area contributed by atoms with Crippen LogP contribution >= 0.6 is 0 Å². The minimum atomic E-state index is -0.957. The molecule has 1 aliphatic carbocycles. The fraction of sp³-hybridized carbons (Fsp3) is 0.800. The summed E-state index contributed by atoms with van der Waals surface area (Å²) in [6.07, 6.45) is 1.76. The van der Waals surface area contributed by atoms with E-state index in [1.54, 1.807) is 0 Å². The second-order valence-corrected chi connectivity index (χ2v) is 5.00. The van der Waals surface area contributed by atoms with Gasteiger partial charge in [0.15, 0.2) is 0 Å². The van der Waals surface area contributed by atoms with Gasteiger partial charge in [0.05, 0.1) is 0 Å². The van der Waals surface area contributed by atoms with Gasteiger partial charge in [-0.15, -0.1) is 0 Å². The Morgan fingerprint density at radius 2 is 1.87 bits per heavy atom. The molecule has 0 aromatic carbocycles. The lowest BCUT2D eigenvalue weighted by atomic mass is 10.1. The first kappa shape index (κ1) is 11.8. The molecule has 1 aliphatic rings. The van der Waals surface area contributed by atoms with Gasteiger partial charge in [0.2, 0.25) is 0 Å². The van der Waals surface area contributed by atoms with Crippen LogP contribution in [-0.2, 0) is 4.79 Å². The van der Waals surface area contributed by atoms with Crippen LogP contribution in [0.25, 0.3) is 0 Å². The van der Waals surface area contributed by atoms with Gasteiger partial charge in [-0.2, -0.15) is 0 Å². The van der Waals surface area contributed by atoms with Crippen molar-refractivity contribution < 1.29 is 14.7 Å². The van der Waals surface area contributed by atoms with Gasteiger partial charge >= 0.3 is 12.0 Å². The fourth-order valence-corrected chi connectivity index (χ4v) is 1.33. The van der Waals surface area contributed by atoms with E-state index < -0.39 is 18.0 Å². The third kappa shape index (κ3) is 4.18. The summed E-state index contributed by atoms with van der Waals surface area (Å²) in [4.78, 5) is 22.3. The molecule has 1 rings (SSSR count). The van der Waals surface area contributed by atoms with Crippen LogP contribution in [0.15, 0.2) is 0 Å². The molecule has 0 spiro atoms. The van der Waals surface area contributed by atoms with Crippen LogP contribution in [0.3, 0.4) is 0 Å². The maximum absolute atomic E-state index is 11.4. The first-order chi connectivity index (χ1) is 6.79. The van der Waals surface area contributed by atoms with Crippen LogP contribution < -0.4 is 10.6 Å². The van der Waals surface area contributed by atoms with Gasteiger partial charge in [0.25, 0.3) is 0 Å². The lowest BCUT2D eigenvalue weighted by molar-refractivity contribution is -0.139. The van der Waals surface area contributed by atoms with Crippen molar-refractivity contribution in [3.05, 3.63) is 0 Å². The zero-order valence-electron chi connectivity index (χ0n) is 9.33. The SMILES string of the molecule is CC(C)(C)NC(=O)NC(C(=O)O)C1CC1. The second kappa shape index (κ2) is 4.08. The summed E-state index contributed by atoms with van der Waals surface area (Å²) in [6.45, 7) is 5.54. The molecule has 0 aliphatic heterocycles. The van der Waals surface area contributed by atoms with E-state index in [4.69, 9.17) is 5.11 Å². The zero-order valence-corrected chi connectivity index (χ0v) is 9.33. The van der Waals surface area contributed by atoms with E-state index in [2.05, 4.69) is 10.6 Å². The number of nitrogens with one attached hydrogen (secondary N) is 2. The normalized spacial score (nSPS) is 18.1. The van der Waals surface area contributed by atoms with Gasteiger partial charge in [0, 0.05) is 5.54 Å². The number of rotatable bonds is 3. The molecule has 86 valence electrons. The van der Waals surface area contributed by atoms with Crippen LogP contribution in [-0.4, -0.2) is 28.7 Å². The Labute approximate surface area is 89.2 Å². The average molecular weight is 214 g/mol. The van der Waals surface area contributed by atoms with Crippen LogP contribution in [0, 0.1) is 5.92 Å². The number of urea groups is 1. The molecular weight excluding hydrogens is 196 g/mol. The fourth-order valence-electron chi connectivity index (χ4n) is 1.33. The molecule has 5 heteroatoms. The summed E-state index contributed by atoms with van der Waals surface area (Å²) in [5.74, 6) is -0.852. The molecule has 1 unspecified atom stereocenters. The molecule has 15 heavy (non-hydrogen) atoms. The monoisotopic (exact) mass is 214 g/mol. The summed E-state index contributed by atoms with van der Waals surface area (Å²) in [7, 11) is 0. The van der Waals surface area contributed by atoms with Crippen molar-refractivity contribution in [3.63, 3.8) is 0 Å². The standard InChI is InChI=1S/C10H18N2O3/c1-10(2,3)12-9(15)11-7(8(13)14)6-4-5-6/h6-7H,4-5H2,1-3H3,(H,13,14)(H2,11,12,15). The van der Waals surface area contributed by atoms with E-state index in [0.717, 1.165) is 12.8 Å². The maximum atomic E-state index is 11.4.